The Kier molecular flexibility index (Phi) is 4.49. The summed E-state index contributed by atoms with van der Waals surface area (Å²) in [6.07, 6.45) is -0.158. The van der Waals surface area contributed by atoms with Crippen LogP contribution in [0.3, 0.4) is 0 Å². The van der Waals surface area contributed by atoms with E-state index in [1.165, 1.54) is 6.92 Å². The lowest BCUT2D eigenvalue weighted by Gasteiger charge is -2.34. The minimum Gasteiger partial charge on any atom is -0.384 e. The van der Waals surface area contributed by atoms with Crippen LogP contribution in [0.25, 0.3) is 0 Å². The third kappa shape index (κ3) is 3.51. The van der Waals surface area contributed by atoms with E-state index in [2.05, 4.69) is 15.0 Å². The Balaban J connectivity index is 1.81. The zero-order chi connectivity index (χ0) is 13.8. The maximum absolute atomic E-state index is 11.6. The number of hydrogen-bond donors (Lipinski definition) is 1. The van der Waals surface area contributed by atoms with E-state index in [1.807, 2.05) is 6.92 Å². The normalized spacial score (nSPS) is 18.6. The van der Waals surface area contributed by atoms with Gasteiger partial charge in [-0.2, -0.15) is 4.98 Å². The maximum Gasteiger partial charge on any atom is 0.251 e. The van der Waals surface area contributed by atoms with Crippen LogP contribution in [0.15, 0.2) is 4.52 Å². The lowest BCUT2D eigenvalue weighted by Crippen LogP contribution is -2.50. The van der Waals surface area contributed by atoms with Gasteiger partial charge in [-0.25, -0.2) is 0 Å². The molecule has 19 heavy (non-hydrogen) atoms. The topological polar surface area (TPSA) is 82.7 Å². The van der Waals surface area contributed by atoms with Gasteiger partial charge in [-0.15, -0.1) is 0 Å². The average molecular weight is 268 g/mol. The van der Waals surface area contributed by atoms with Crippen LogP contribution in [0.1, 0.15) is 25.6 Å². The Morgan fingerprint density at radius 1 is 1.42 bits per heavy atom. The molecule has 1 saturated heterocycles. The van der Waals surface area contributed by atoms with E-state index in [0.717, 1.165) is 25.3 Å². The van der Waals surface area contributed by atoms with Crippen LogP contribution in [0, 0.1) is 0 Å². The molecule has 1 unspecified atom stereocenters. The van der Waals surface area contributed by atoms with Crippen molar-refractivity contribution in [1.29, 1.82) is 0 Å². The van der Waals surface area contributed by atoms with Gasteiger partial charge in [0.1, 0.15) is 6.10 Å². The molecule has 0 spiro atoms. The zero-order valence-electron chi connectivity index (χ0n) is 11.4. The van der Waals surface area contributed by atoms with Crippen molar-refractivity contribution in [3.05, 3.63) is 11.7 Å². The fraction of sp³-hybridized carbons (Fsp3) is 0.750. The number of rotatable bonds is 4. The molecule has 1 aliphatic heterocycles. The number of hydrogen-bond acceptors (Lipinski definition) is 6. The molecule has 7 heteroatoms. The molecular weight excluding hydrogens is 248 g/mol. The molecule has 106 valence electrons. The molecule has 2 rings (SSSR count). The molecule has 1 amide bonds. The van der Waals surface area contributed by atoms with Crippen molar-refractivity contribution in [3.8, 4) is 0 Å². The van der Waals surface area contributed by atoms with Gasteiger partial charge in [0.15, 0.2) is 5.82 Å². The first-order valence-corrected chi connectivity index (χ1v) is 6.60. The third-order valence-corrected chi connectivity index (χ3v) is 3.23. The molecule has 1 N–H and O–H groups in total. The molecular formula is C12H20N4O3. The second-order valence-corrected chi connectivity index (χ2v) is 4.74. The molecule has 1 aromatic heterocycles. The number of aryl methyl sites for hydroxylation is 1. The summed E-state index contributed by atoms with van der Waals surface area (Å²) < 4.78 is 5.15. The van der Waals surface area contributed by atoms with Gasteiger partial charge >= 0.3 is 0 Å². The molecule has 0 radical (unpaired) electrons. The van der Waals surface area contributed by atoms with E-state index >= 15 is 0 Å². The predicted octanol–water partition coefficient (Wildman–Crippen LogP) is -0.343. The van der Waals surface area contributed by atoms with Gasteiger partial charge < -0.3 is 14.5 Å². The maximum atomic E-state index is 11.6. The Morgan fingerprint density at radius 2 is 2.11 bits per heavy atom. The van der Waals surface area contributed by atoms with Crippen molar-refractivity contribution in [2.75, 3.05) is 26.2 Å². The summed E-state index contributed by atoms with van der Waals surface area (Å²) in [6, 6.07) is 0. The molecule has 1 aliphatic rings. The van der Waals surface area contributed by atoms with Crippen LogP contribution >= 0.6 is 0 Å². The first-order chi connectivity index (χ1) is 9.10. The summed E-state index contributed by atoms with van der Waals surface area (Å²) >= 11 is 0. The number of carbonyl (C=O) groups excluding carboxylic acids is 1. The van der Waals surface area contributed by atoms with E-state index in [4.69, 9.17) is 4.52 Å². The van der Waals surface area contributed by atoms with E-state index in [0.29, 0.717) is 25.5 Å². The lowest BCUT2D eigenvalue weighted by atomic mass is 10.2. The monoisotopic (exact) mass is 268 g/mol. The smallest absolute Gasteiger partial charge is 0.251 e. The van der Waals surface area contributed by atoms with Gasteiger partial charge in [0.05, 0.1) is 6.54 Å². The van der Waals surface area contributed by atoms with Crippen molar-refractivity contribution in [2.45, 2.75) is 32.9 Å². The minimum absolute atomic E-state index is 0.203. The van der Waals surface area contributed by atoms with Gasteiger partial charge in [0.2, 0.25) is 5.89 Å². The van der Waals surface area contributed by atoms with Crippen LogP contribution < -0.4 is 0 Å². The Hall–Kier alpha value is -1.47. The van der Waals surface area contributed by atoms with E-state index in [-0.39, 0.29) is 5.91 Å². The van der Waals surface area contributed by atoms with Crippen molar-refractivity contribution in [3.63, 3.8) is 0 Å². The van der Waals surface area contributed by atoms with Gasteiger partial charge in [0, 0.05) is 32.6 Å². The van der Waals surface area contributed by atoms with E-state index in [9.17, 15) is 9.90 Å². The highest BCUT2D eigenvalue weighted by molar-refractivity contribution is 5.80. The summed E-state index contributed by atoms with van der Waals surface area (Å²) in [5, 5.41) is 13.1. The number of piperazine rings is 1. The van der Waals surface area contributed by atoms with Crippen LogP contribution in [0.2, 0.25) is 0 Å². The fourth-order valence-electron chi connectivity index (χ4n) is 2.08. The molecule has 7 nitrogen and oxygen atoms in total. The Labute approximate surface area is 112 Å². The summed E-state index contributed by atoms with van der Waals surface area (Å²) in [5.74, 6) is 1.13. The molecule has 1 aromatic rings. The summed E-state index contributed by atoms with van der Waals surface area (Å²) in [5.41, 5.74) is 0. The van der Waals surface area contributed by atoms with Crippen LogP contribution in [0.5, 0.6) is 0 Å². The number of aliphatic hydroxyl groups is 1. The molecule has 0 bridgehead atoms. The van der Waals surface area contributed by atoms with Crippen LogP contribution in [-0.2, 0) is 17.8 Å². The molecule has 1 fully saturated rings. The first-order valence-electron chi connectivity index (χ1n) is 6.60. The zero-order valence-corrected chi connectivity index (χ0v) is 11.4. The van der Waals surface area contributed by atoms with E-state index < -0.39 is 6.10 Å². The van der Waals surface area contributed by atoms with Crippen LogP contribution in [0.4, 0.5) is 0 Å². The minimum atomic E-state index is -0.922. The quantitative estimate of drug-likeness (QED) is 0.804. The number of carbonyl (C=O) groups is 1. The Bertz CT molecular complexity index is 424. The third-order valence-electron chi connectivity index (χ3n) is 3.23. The van der Waals surface area contributed by atoms with Gasteiger partial charge in [-0.3, -0.25) is 9.69 Å². The number of nitrogens with zero attached hydrogens (tertiary/aromatic N) is 4. The lowest BCUT2D eigenvalue weighted by molar-refractivity contribution is -0.141. The van der Waals surface area contributed by atoms with Crippen molar-refractivity contribution in [2.24, 2.45) is 0 Å². The molecule has 1 atom stereocenters. The summed E-state index contributed by atoms with van der Waals surface area (Å²) in [4.78, 5) is 19.7. The fourth-order valence-corrected chi connectivity index (χ4v) is 2.08. The van der Waals surface area contributed by atoms with Gasteiger partial charge in [0.25, 0.3) is 5.91 Å². The van der Waals surface area contributed by atoms with Crippen LogP contribution in [-0.4, -0.2) is 63.2 Å². The van der Waals surface area contributed by atoms with Crippen molar-refractivity contribution in [1.82, 2.24) is 19.9 Å². The van der Waals surface area contributed by atoms with Gasteiger partial charge in [-0.05, 0) is 6.92 Å². The molecule has 0 saturated carbocycles. The second kappa shape index (κ2) is 6.12. The van der Waals surface area contributed by atoms with Gasteiger partial charge in [-0.1, -0.05) is 12.1 Å². The predicted molar refractivity (Wildman–Crippen MR) is 67.2 cm³/mol. The highest BCUT2D eigenvalue weighted by Gasteiger charge is 2.24. The molecule has 2 heterocycles. The highest BCUT2D eigenvalue weighted by atomic mass is 16.5. The number of amides is 1. The standard InChI is InChI=1S/C12H20N4O3/c1-3-10-13-11(19-14-10)8-15-4-6-16(7-5-15)12(18)9(2)17/h9,17H,3-8H2,1-2H3. The highest BCUT2D eigenvalue weighted by Crippen LogP contribution is 2.08. The van der Waals surface area contributed by atoms with Crippen molar-refractivity contribution >= 4 is 5.91 Å². The summed E-state index contributed by atoms with van der Waals surface area (Å²) in [6.45, 7) is 6.85. The molecule has 0 aromatic carbocycles. The molecule has 0 aliphatic carbocycles. The average Bonchev–Trinajstić information content (AvgIpc) is 2.86. The largest absolute Gasteiger partial charge is 0.384 e. The summed E-state index contributed by atoms with van der Waals surface area (Å²) in [7, 11) is 0. The van der Waals surface area contributed by atoms with Crippen molar-refractivity contribution < 1.29 is 14.4 Å². The number of aliphatic hydroxyl groups excluding tert-OH is 1. The second-order valence-electron chi connectivity index (χ2n) is 4.74. The first kappa shape index (κ1) is 14.0. The number of aromatic nitrogens is 2. The Morgan fingerprint density at radius 3 is 2.63 bits per heavy atom. The van der Waals surface area contributed by atoms with E-state index in [1.54, 1.807) is 4.90 Å². The SMILES string of the molecule is CCc1noc(CN2CCN(C(=O)C(C)O)CC2)n1.